The molecule has 28 heavy (non-hydrogen) atoms. The van der Waals surface area contributed by atoms with Gasteiger partial charge in [-0.3, -0.25) is 4.79 Å². The summed E-state index contributed by atoms with van der Waals surface area (Å²) in [5.41, 5.74) is 1.85. The molecule has 1 aliphatic rings. The summed E-state index contributed by atoms with van der Waals surface area (Å²) in [5.74, 6) is -0.353. The molecule has 146 valence electrons. The van der Waals surface area contributed by atoms with Gasteiger partial charge in [0, 0.05) is 31.4 Å². The lowest BCUT2D eigenvalue weighted by molar-refractivity contribution is 0.0730. The Kier molecular flexibility index (Phi) is 5.79. The molecule has 0 aromatic heterocycles. The second kappa shape index (κ2) is 8.10. The molecule has 8 heteroatoms. The van der Waals surface area contributed by atoms with Crippen LogP contribution in [0.2, 0.25) is 0 Å². The van der Waals surface area contributed by atoms with Crippen molar-refractivity contribution in [1.82, 2.24) is 4.31 Å². The van der Waals surface area contributed by atoms with Gasteiger partial charge in [0.25, 0.3) is 5.91 Å². The first-order valence-corrected chi connectivity index (χ1v) is 10.3. The lowest BCUT2D eigenvalue weighted by Crippen LogP contribution is -2.41. The topological polar surface area (TPSA) is 90.7 Å². The van der Waals surface area contributed by atoms with Gasteiger partial charge in [-0.05, 0) is 42.8 Å². The smallest absolute Gasteiger partial charge is 0.258 e. The van der Waals surface area contributed by atoms with Crippen molar-refractivity contribution in [3.63, 3.8) is 0 Å². The molecule has 1 saturated heterocycles. The molecule has 0 N–H and O–H groups in total. The van der Waals surface area contributed by atoms with Crippen LogP contribution in [0.5, 0.6) is 0 Å². The van der Waals surface area contributed by atoms with Crippen LogP contribution in [0.25, 0.3) is 0 Å². The van der Waals surface area contributed by atoms with Gasteiger partial charge in [0.1, 0.15) is 0 Å². The van der Waals surface area contributed by atoms with Crippen molar-refractivity contribution in [2.24, 2.45) is 0 Å². The molecule has 7 nitrogen and oxygen atoms in total. The second-order valence-corrected chi connectivity index (χ2v) is 8.43. The minimum Gasteiger partial charge on any atom is -0.379 e. The first-order chi connectivity index (χ1) is 13.3. The highest BCUT2D eigenvalue weighted by molar-refractivity contribution is 7.89. The minimum atomic E-state index is -3.71. The van der Waals surface area contributed by atoms with Crippen molar-refractivity contribution in [3.8, 4) is 6.07 Å². The van der Waals surface area contributed by atoms with Gasteiger partial charge in [-0.2, -0.15) is 9.57 Å². The van der Waals surface area contributed by atoms with Crippen molar-refractivity contribution in [1.29, 1.82) is 5.26 Å². The van der Waals surface area contributed by atoms with Crippen LogP contribution in [0.15, 0.2) is 47.4 Å². The van der Waals surface area contributed by atoms with E-state index in [0.29, 0.717) is 43.1 Å². The van der Waals surface area contributed by atoms with E-state index < -0.39 is 10.0 Å². The number of carbonyl (C=O) groups is 1. The van der Waals surface area contributed by atoms with Gasteiger partial charge in [0.05, 0.1) is 29.7 Å². The third-order valence-electron chi connectivity index (χ3n) is 4.69. The second-order valence-electron chi connectivity index (χ2n) is 6.52. The number of aryl methyl sites for hydroxylation is 1. The first-order valence-electron chi connectivity index (χ1n) is 8.81. The highest BCUT2D eigenvalue weighted by Crippen LogP contribution is 2.24. The SMILES string of the molecule is Cc1ccc(C(=O)N(C)c2cccc(C#N)c2)cc1S(=O)(=O)N1CCOCC1. The van der Waals surface area contributed by atoms with Gasteiger partial charge in [0.15, 0.2) is 0 Å². The van der Waals surface area contributed by atoms with Crippen LogP contribution in [0.1, 0.15) is 21.5 Å². The van der Waals surface area contributed by atoms with Gasteiger partial charge in [-0.1, -0.05) is 12.1 Å². The predicted octanol–water partition coefficient (Wildman–Crippen LogP) is 2.16. The van der Waals surface area contributed by atoms with Crippen molar-refractivity contribution >= 4 is 21.6 Å². The summed E-state index contributed by atoms with van der Waals surface area (Å²) in [7, 11) is -2.12. The van der Waals surface area contributed by atoms with Crippen LogP contribution < -0.4 is 4.90 Å². The molecule has 1 amide bonds. The first kappa shape index (κ1) is 20.0. The van der Waals surface area contributed by atoms with Gasteiger partial charge in [-0.15, -0.1) is 0 Å². The number of rotatable bonds is 4. The number of nitrogens with zero attached hydrogens (tertiary/aromatic N) is 3. The third-order valence-corrected chi connectivity index (χ3v) is 6.73. The number of hydrogen-bond acceptors (Lipinski definition) is 5. The molecule has 1 fully saturated rings. The molecule has 0 bridgehead atoms. The van der Waals surface area contributed by atoms with E-state index in [1.165, 1.54) is 15.3 Å². The number of ether oxygens (including phenoxy) is 1. The van der Waals surface area contributed by atoms with Crippen LogP contribution in [-0.4, -0.2) is 52.0 Å². The summed E-state index contributed by atoms with van der Waals surface area (Å²) in [6.45, 7) is 3.01. The number of morpholine rings is 1. The van der Waals surface area contributed by atoms with Crippen molar-refractivity contribution < 1.29 is 17.9 Å². The highest BCUT2D eigenvalue weighted by Gasteiger charge is 2.28. The molecule has 0 atom stereocenters. The van der Waals surface area contributed by atoms with E-state index in [4.69, 9.17) is 10.00 Å². The lowest BCUT2D eigenvalue weighted by Gasteiger charge is -2.27. The number of benzene rings is 2. The monoisotopic (exact) mass is 399 g/mol. The Morgan fingerprint density at radius 2 is 1.89 bits per heavy atom. The molecule has 2 aromatic carbocycles. The molecule has 0 saturated carbocycles. The zero-order valence-corrected chi connectivity index (χ0v) is 16.6. The number of anilines is 1. The van der Waals surface area contributed by atoms with Crippen molar-refractivity contribution in [3.05, 3.63) is 59.2 Å². The summed E-state index contributed by atoms with van der Waals surface area (Å²) < 4.78 is 32.6. The van der Waals surface area contributed by atoms with Crippen molar-refractivity contribution in [2.45, 2.75) is 11.8 Å². The average Bonchev–Trinajstić information content (AvgIpc) is 2.73. The minimum absolute atomic E-state index is 0.124. The molecule has 0 aliphatic carbocycles. The standard InChI is InChI=1S/C20H21N3O4S/c1-15-6-7-17(13-19(15)28(25,26)23-8-10-27-11-9-23)20(24)22(2)18-5-3-4-16(12-18)14-21/h3-7,12-13H,8-11H2,1-2H3. The van der Waals surface area contributed by atoms with Gasteiger partial charge in [-0.25, -0.2) is 8.42 Å². The Hall–Kier alpha value is -2.73. The molecule has 0 spiro atoms. The fourth-order valence-electron chi connectivity index (χ4n) is 3.03. The molecular weight excluding hydrogens is 378 g/mol. The normalized spacial score (nSPS) is 15.0. The third kappa shape index (κ3) is 3.92. The molecule has 2 aromatic rings. The van der Waals surface area contributed by atoms with E-state index in [1.54, 1.807) is 50.4 Å². The summed E-state index contributed by atoms with van der Waals surface area (Å²) in [4.78, 5) is 14.4. The van der Waals surface area contributed by atoms with E-state index in [9.17, 15) is 13.2 Å². The van der Waals surface area contributed by atoms with E-state index in [-0.39, 0.29) is 16.4 Å². The number of carbonyl (C=O) groups excluding carboxylic acids is 1. The molecule has 1 aliphatic heterocycles. The number of sulfonamides is 1. The Morgan fingerprint density at radius 1 is 1.18 bits per heavy atom. The van der Waals surface area contributed by atoms with Gasteiger partial charge in [0.2, 0.25) is 10.0 Å². The van der Waals surface area contributed by atoms with Gasteiger partial charge >= 0.3 is 0 Å². The van der Waals surface area contributed by atoms with E-state index in [1.807, 2.05) is 6.07 Å². The average molecular weight is 399 g/mol. The summed E-state index contributed by atoms with van der Waals surface area (Å²) >= 11 is 0. The maximum Gasteiger partial charge on any atom is 0.258 e. The van der Waals surface area contributed by atoms with Crippen LogP contribution in [-0.2, 0) is 14.8 Å². The molecule has 0 radical (unpaired) electrons. The largest absolute Gasteiger partial charge is 0.379 e. The van der Waals surface area contributed by atoms with Crippen LogP contribution in [0, 0.1) is 18.3 Å². The van der Waals surface area contributed by atoms with Gasteiger partial charge < -0.3 is 9.64 Å². The Morgan fingerprint density at radius 3 is 2.57 bits per heavy atom. The van der Waals surface area contributed by atoms with E-state index in [0.717, 1.165) is 0 Å². The fraction of sp³-hybridized carbons (Fsp3) is 0.300. The number of nitriles is 1. The van der Waals surface area contributed by atoms with Crippen LogP contribution >= 0.6 is 0 Å². The fourth-order valence-corrected chi connectivity index (χ4v) is 4.69. The quantitative estimate of drug-likeness (QED) is 0.786. The van der Waals surface area contributed by atoms with Crippen molar-refractivity contribution in [2.75, 3.05) is 38.3 Å². The zero-order valence-electron chi connectivity index (χ0n) is 15.8. The zero-order chi connectivity index (χ0) is 20.3. The van der Waals surface area contributed by atoms with Crippen LogP contribution in [0.4, 0.5) is 5.69 Å². The molecule has 0 unspecified atom stereocenters. The Labute approximate surface area is 164 Å². The molecule has 3 rings (SSSR count). The van der Waals surface area contributed by atoms with E-state index in [2.05, 4.69) is 0 Å². The van der Waals surface area contributed by atoms with E-state index >= 15 is 0 Å². The maximum atomic E-state index is 13.0. The lowest BCUT2D eigenvalue weighted by atomic mass is 10.1. The summed E-state index contributed by atoms with van der Waals surface area (Å²) in [6.07, 6.45) is 0. The summed E-state index contributed by atoms with van der Waals surface area (Å²) in [5, 5.41) is 9.05. The Bertz CT molecular complexity index is 1040. The molecular formula is C20H21N3O4S. The van der Waals surface area contributed by atoms with Crippen LogP contribution in [0.3, 0.4) is 0 Å². The maximum absolute atomic E-state index is 13.0. The molecule has 1 heterocycles. The predicted molar refractivity (Wildman–Crippen MR) is 105 cm³/mol. The number of amides is 1. The number of hydrogen-bond donors (Lipinski definition) is 0. The Balaban J connectivity index is 1.94. The highest BCUT2D eigenvalue weighted by atomic mass is 32.2. The summed E-state index contributed by atoms with van der Waals surface area (Å²) in [6, 6.07) is 13.4.